The summed E-state index contributed by atoms with van der Waals surface area (Å²) >= 11 is 0. The van der Waals surface area contributed by atoms with Crippen LogP contribution >= 0.6 is 0 Å². The van der Waals surface area contributed by atoms with Gasteiger partial charge in [-0.15, -0.1) is 0 Å². The van der Waals surface area contributed by atoms with Crippen LogP contribution < -0.4 is 0 Å². The molecule has 9 N–H and O–H groups in total. The first-order chi connectivity index (χ1) is 17.7. The van der Waals surface area contributed by atoms with Crippen LogP contribution in [0.2, 0.25) is 0 Å². The molecular weight excluding hydrogens is 488 g/mol. The van der Waals surface area contributed by atoms with Crippen LogP contribution in [0.15, 0.2) is 11.1 Å². The molecule has 0 rings (SSSR count). The van der Waals surface area contributed by atoms with Crippen molar-refractivity contribution in [2.75, 3.05) is 66.1 Å². The number of esters is 1. The van der Waals surface area contributed by atoms with E-state index in [0.29, 0.717) is 24.0 Å². The zero-order chi connectivity index (χ0) is 28.4. The Morgan fingerprint density at radius 3 is 1.30 bits per heavy atom. The Morgan fingerprint density at radius 1 is 0.568 bits per heavy atom. The Bertz CT molecular complexity index is 588. The van der Waals surface area contributed by atoms with Crippen molar-refractivity contribution >= 4 is 5.97 Å². The summed E-state index contributed by atoms with van der Waals surface area (Å²) in [4.78, 5) is 13.2. The molecule has 0 bridgehead atoms. The molecule has 0 unspecified atom stereocenters. The molecule has 0 spiro atoms. The van der Waals surface area contributed by atoms with Crippen LogP contribution in [0.1, 0.15) is 64.7 Å². The number of carbonyl (C=O) groups excluding carboxylic acids is 1. The van der Waals surface area contributed by atoms with E-state index >= 15 is 0 Å². The van der Waals surface area contributed by atoms with Gasteiger partial charge in [0, 0.05) is 21.8 Å². The Hall–Kier alpha value is -1.15. The van der Waals surface area contributed by atoms with Crippen LogP contribution in [0, 0.1) is 16.2 Å². The van der Waals surface area contributed by atoms with Crippen molar-refractivity contribution in [3.8, 4) is 0 Å². The van der Waals surface area contributed by atoms with Crippen LogP contribution in [0.4, 0.5) is 0 Å². The normalized spacial score (nSPS) is 12.6. The van der Waals surface area contributed by atoms with Crippen LogP contribution in [0.25, 0.3) is 0 Å². The van der Waals surface area contributed by atoms with Gasteiger partial charge in [-0.05, 0) is 44.9 Å². The van der Waals surface area contributed by atoms with E-state index in [2.05, 4.69) is 0 Å². The maximum absolute atomic E-state index is 13.2. The molecule has 0 aromatic heterocycles. The van der Waals surface area contributed by atoms with Crippen molar-refractivity contribution in [3.05, 3.63) is 11.1 Å². The maximum atomic E-state index is 13.2. The number of carbonyl (C=O) groups is 1. The van der Waals surface area contributed by atoms with Gasteiger partial charge in [0.05, 0.1) is 66.1 Å². The fourth-order valence-corrected chi connectivity index (χ4v) is 3.84. The highest BCUT2D eigenvalue weighted by atomic mass is 16.5. The first kappa shape index (κ1) is 35.9. The molecule has 0 atom stereocenters. The summed E-state index contributed by atoms with van der Waals surface area (Å²) in [6.07, 6.45) is 3.55. The Kier molecular flexibility index (Phi) is 18.4. The van der Waals surface area contributed by atoms with E-state index in [4.69, 9.17) is 4.74 Å². The highest BCUT2D eigenvalue weighted by Crippen LogP contribution is 2.33. The van der Waals surface area contributed by atoms with Gasteiger partial charge >= 0.3 is 5.97 Å². The Labute approximate surface area is 220 Å². The number of ether oxygens (including phenoxy) is 1. The third-order valence-electron chi connectivity index (χ3n) is 7.50. The van der Waals surface area contributed by atoms with Crippen molar-refractivity contribution in [3.63, 3.8) is 0 Å². The molecule has 37 heavy (non-hydrogen) atoms. The maximum Gasteiger partial charge on any atom is 0.333 e. The summed E-state index contributed by atoms with van der Waals surface area (Å²) in [6, 6.07) is 0. The molecule has 11 nitrogen and oxygen atoms in total. The minimum atomic E-state index is -1.19. The van der Waals surface area contributed by atoms with Crippen LogP contribution in [-0.4, -0.2) is 118 Å². The van der Waals surface area contributed by atoms with Crippen molar-refractivity contribution in [2.24, 2.45) is 16.2 Å². The predicted octanol–water partition coefficient (Wildman–Crippen LogP) is -0.753. The standard InChI is InChI=1S/C26H50O11/c1-2-3-4-5-22(23(36)37-11-10-26(18-33,19-34)20-35)21(6-8-24(12-27,13-28)14-29)7-9-25(15-30,16-31)17-32/h27-35H,2-20H2,1H3. The SMILES string of the molecule is CCCCCC(C(=O)OCCC(CO)(CO)CO)=C(CCC(CO)(CO)CO)CCC(CO)(CO)CO. The van der Waals surface area contributed by atoms with Gasteiger partial charge < -0.3 is 50.7 Å². The van der Waals surface area contributed by atoms with E-state index in [1.807, 2.05) is 6.92 Å². The third-order valence-corrected chi connectivity index (χ3v) is 7.50. The molecule has 11 heteroatoms. The Morgan fingerprint density at radius 2 is 0.946 bits per heavy atom. The number of allylic oxidation sites excluding steroid dienone is 1. The average Bonchev–Trinajstić information content (AvgIpc) is 2.94. The molecular formula is C26H50O11. The van der Waals surface area contributed by atoms with Gasteiger partial charge in [-0.2, -0.15) is 0 Å². The van der Waals surface area contributed by atoms with Crippen molar-refractivity contribution in [1.82, 2.24) is 0 Å². The van der Waals surface area contributed by atoms with Crippen LogP contribution in [0.3, 0.4) is 0 Å². The van der Waals surface area contributed by atoms with Crippen molar-refractivity contribution in [2.45, 2.75) is 64.7 Å². The molecule has 0 radical (unpaired) electrons. The second-order valence-corrected chi connectivity index (χ2v) is 10.3. The molecule has 0 amide bonds. The van der Waals surface area contributed by atoms with Gasteiger partial charge in [-0.25, -0.2) is 4.79 Å². The quantitative estimate of drug-likeness (QED) is 0.0449. The van der Waals surface area contributed by atoms with Gasteiger partial charge in [0.15, 0.2) is 0 Å². The molecule has 220 valence electrons. The molecule has 0 saturated heterocycles. The van der Waals surface area contributed by atoms with E-state index in [1.165, 1.54) is 0 Å². The van der Waals surface area contributed by atoms with Gasteiger partial charge in [-0.3, -0.25) is 0 Å². The zero-order valence-corrected chi connectivity index (χ0v) is 22.3. The molecule has 0 aromatic rings. The molecule has 0 aliphatic carbocycles. The first-order valence-electron chi connectivity index (χ1n) is 13.1. The summed E-state index contributed by atoms with van der Waals surface area (Å²) in [5, 5.41) is 87.1. The molecule has 0 aromatic carbocycles. The van der Waals surface area contributed by atoms with Crippen molar-refractivity contribution in [1.29, 1.82) is 0 Å². The number of unbranched alkanes of at least 4 members (excludes halogenated alkanes) is 2. The average molecular weight is 539 g/mol. The second-order valence-electron chi connectivity index (χ2n) is 10.3. The Balaban J connectivity index is 6.14. The van der Waals surface area contributed by atoms with E-state index in [1.54, 1.807) is 0 Å². The monoisotopic (exact) mass is 538 g/mol. The summed E-state index contributed by atoms with van der Waals surface area (Å²) in [5.74, 6) is -0.626. The number of hydrogen-bond acceptors (Lipinski definition) is 11. The number of aliphatic hydroxyl groups is 9. The van der Waals surface area contributed by atoms with E-state index in [9.17, 15) is 50.8 Å². The van der Waals surface area contributed by atoms with Gasteiger partial charge in [0.2, 0.25) is 0 Å². The van der Waals surface area contributed by atoms with E-state index in [-0.39, 0.29) is 38.7 Å². The lowest BCUT2D eigenvalue weighted by Gasteiger charge is -2.31. The lowest BCUT2D eigenvalue weighted by atomic mass is 9.79. The number of aliphatic hydroxyl groups excluding tert-OH is 9. The van der Waals surface area contributed by atoms with Gasteiger partial charge in [0.25, 0.3) is 0 Å². The third kappa shape index (κ3) is 11.2. The predicted molar refractivity (Wildman–Crippen MR) is 136 cm³/mol. The van der Waals surface area contributed by atoms with E-state index < -0.39 is 81.7 Å². The number of rotatable bonds is 23. The first-order valence-corrected chi connectivity index (χ1v) is 13.1. The molecule has 0 fully saturated rings. The number of hydrogen-bond donors (Lipinski definition) is 9. The lowest BCUT2D eigenvalue weighted by Crippen LogP contribution is -2.35. The fraction of sp³-hybridized carbons (Fsp3) is 0.885. The topological polar surface area (TPSA) is 208 Å². The van der Waals surface area contributed by atoms with Crippen LogP contribution in [-0.2, 0) is 9.53 Å². The summed E-state index contributed by atoms with van der Waals surface area (Å²) in [6.45, 7) is -2.43. The lowest BCUT2D eigenvalue weighted by molar-refractivity contribution is -0.141. The van der Waals surface area contributed by atoms with E-state index in [0.717, 1.165) is 12.8 Å². The molecule has 0 aliphatic rings. The largest absolute Gasteiger partial charge is 0.462 e. The molecule has 0 heterocycles. The highest BCUT2D eigenvalue weighted by molar-refractivity contribution is 5.89. The van der Waals surface area contributed by atoms with Gasteiger partial charge in [-0.1, -0.05) is 25.3 Å². The minimum Gasteiger partial charge on any atom is -0.462 e. The van der Waals surface area contributed by atoms with Crippen molar-refractivity contribution < 1.29 is 55.5 Å². The summed E-state index contributed by atoms with van der Waals surface area (Å²) in [7, 11) is 0. The summed E-state index contributed by atoms with van der Waals surface area (Å²) in [5.41, 5.74) is -2.57. The smallest absolute Gasteiger partial charge is 0.333 e. The van der Waals surface area contributed by atoms with Crippen LogP contribution in [0.5, 0.6) is 0 Å². The minimum absolute atomic E-state index is 0.0328. The fourth-order valence-electron chi connectivity index (χ4n) is 3.84. The molecule has 0 saturated carbocycles. The zero-order valence-electron chi connectivity index (χ0n) is 22.3. The molecule has 0 aliphatic heterocycles. The highest BCUT2D eigenvalue weighted by Gasteiger charge is 2.32. The van der Waals surface area contributed by atoms with Gasteiger partial charge in [0.1, 0.15) is 0 Å². The summed E-state index contributed by atoms with van der Waals surface area (Å²) < 4.78 is 5.47. The second kappa shape index (κ2) is 19.0.